The second kappa shape index (κ2) is 9.40. The Morgan fingerprint density at radius 1 is 1.12 bits per heavy atom. The van der Waals surface area contributed by atoms with Crippen molar-refractivity contribution in [3.05, 3.63) is 59.7 Å². The Labute approximate surface area is 148 Å². The van der Waals surface area contributed by atoms with Crippen LogP contribution in [0, 0.1) is 17.5 Å². The number of hydrogen-bond acceptors (Lipinski definition) is 3. The molecule has 3 N–H and O–H groups in total. The van der Waals surface area contributed by atoms with E-state index in [0.29, 0.717) is 18.9 Å². The van der Waals surface area contributed by atoms with Gasteiger partial charge in [-0.2, -0.15) is 0 Å². The van der Waals surface area contributed by atoms with Crippen molar-refractivity contribution in [3.63, 3.8) is 0 Å². The normalized spacial score (nSPS) is 11.2. The number of carbonyl (C=O) groups excluding carboxylic acids is 1. The molecule has 0 atom stereocenters. The predicted octanol–water partition coefficient (Wildman–Crippen LogP) is 1.85. The number of anilines is 1. The predicted molar refractivity (Wildman–Crippen MR) is 92.3 cm³/mol. The van der Waals surface area contributed by atoms with Crippen LogP contribution in [0.2, 0.25) is 0 Å². The van der Waals surface area contributed by atoms with Gasteiger partial charge in [0, 0.05) is 31.9 Å². The van der Waals surface area contributed by atoms with Crippen LogP contribution in [-0.4, -0.2) is 37.0 Å². The summed E-state index contributed by atoms with van der Waals surface area (Å²) in [5.41, 5.74) is 0.468. The lowest BCUT2D eigenvalue weighted by molar-refractivity contribution is -0.115. The smallest absolute Gasteiger partial charge is 0.243 e. The van der Waals surface area contributed by atoms with Gasteiger partial charge in [0.2, 0.25) is 5.91 Å². The topological polar surface area (TPSA) is 78.4 Å². The number of pyridine rings is 1. The number of guanidine groups is 1. The standard InChI is InChI=1S/C17H18F3N5O/c1-21-17(23-9-7-11-4-2-3-8-22-11)24-10-14(26)25-13-6-5-12(18)15(19)16(13)20/h2-6,8H,7,9-10H2,1H3,(H,25,26)(H2,21,23,24). The van der Waals surface area contributed by atoms with Gasteiger partial charge in [-0.1, -0.05) is 6.07 Å². The third-order valence-electron chi connectivity index (χ3n) is 3.35. The summed E-state index contributed by atoms with van der Waals surface area (Å²) in [4.78, 5) is 20.0. The molecule has 0 bridgehead atoms. The first-order chi connectivity index (χ1) is 12.5. The van der Waals surface area contributed by atoms with Crippen LogP contribution in [0.15, 0.2) is 41.5 Å². The van der Waals surface area contributed by atoms with E-state index in [0.717, 1.165) is 17.8 Å². The Morgan fingerprint density at radius 2 is 1.92 bits per heavy atom. The van der Waals surface area contributed by atoms with Crippen LogP contribution in [0.1, 0.15) is 5.69 Å². The first kappa shape index (κ1) is 19.2. The molecule has 0 spiro atoms. The average Bonchev–Trinajstić information content (AvgIpc) is 2.66. The van der Waals surface area contributed by atoms with Crippen molar-refractivity contribution >= 4 is 17.6 Å². The molecular formula is C17H18F3N5O. The summed E-state index contributed by atoms with van der Waals surface area (Å²) in [6.07, 6.45) is 2.36. The third kappa shape index (κ3) is 5.47. The van der Waals surface area contributed by atoms with Crippen molar-refractivity contribution in [2.75, 3.05) is 25.5 Å². The Bertz CT molecular complexity index is 783. The van der Waals surface area contributed by atoms with E-state index >= 15 is 0 Å². The number of aliphatic imine (C=N–C) groups is 1. The minimum Gasteiger partial charge on any atom is -0.356 e. The molecule has 1 amide bonds. The van der Waals surface area contributed by atoms with Crippen LogP contribution < -0.4 is 16.0 Å². The van der Waals surface area contributed by atoms with Crippen LogP contribution in [0.25, 0.3) is 0 Å². The minimum absolute atomic E-state index is 0.234. The second-order valence-electron chi connectivity index (χ2n) is 5.19. The van der Waals surface area contributed by atoms with Crippen molar-refractivity contribution in [2.24, 2.45) is 4.99 Å². The Morgan fingerprint density at radius 3 is 2.62 bits per heavy atom. The summed E-state index contributed by atoms with van der Waals surface area (Å²) in [7, 11) is 1.53. The lowest BCUT2D eigenvalue weighted by Gasteiger charge is -2.12. The number of halogens is 3. The van der Waals surface area contributed by atoms with Crippen LogP contribution in [-0.2, 0) is 11.2 Å². The summed E-state index contributed by atoms with van der Waals surface area (Å²) < 4.78 is 39.5. The van der Waals surface area contributed by atoms with Gasteiger partial charge >= 0.3 is 0 Å². The van der Waals surface area contributed by atoms with Gasteiger partial charge in [0.05, 0.1) is 12.2 Å². The van der Waals surface area contributed by atoms with Crippen molar-refractivity contribution in [2.45, 2.75) is 6.42 Å². The van der Waals surface area contributed by atoms with E-state index in [-0.39, 0.29) is 6.54 Å². The molecule has 0 aliphatic heterocycles. The Balaban J connectivity index is 1.79. The number of amides is 1. The van der Waals surface area contributed by atoms with Gasteiger partial charge in [-0.3, -0.25) is 14.8 Å². The van der Waals surface area contributed by atoms with Crippen LogP contribution in [0.3, 0.4) is 0 Å². The van der Waals surface area contributed by atoms with Crippen molar-refractivity contribution in [1.82, 2.24) is 15.6 Å². The lowest BCUT2D eigenvalue weighted by Crippen LogP contribution is -2.42. The molecule has 0 aliphatic carbocycles. The van der Waals surface area contributed by atoms with Gasteiger partial charge in [-0.15, -0.1) is 0 Å². The monoisotopic (exact) mass is 365 g/mol. The zero-order chi connectivity index (χ0) is 18.9. The maximum atomic E-state index is 13.5. The van der Waals surface area contributed by atoms with Gasteiger partial charge in [0.25, 0.3) is 0 Å². The summed E-state index contributed by atoms with van der Waals surface area (Å²) in [5, 5.41) is 7.90. The molecule has 2 aromatic rings. The zero-order valence-corrected chi connectivity index (χ0v) is 14.0. The number of aromatic nitrogens is 1. The molecule has 0 saturated heterocycles. The van der Waals surface area contributed by atoms with Gasteiger partial charge in [-0.05, 0) is 24.3 Å². The molecule has 0 fully saturated rings. The maximum Gasteiger partial charge on any atom is 0.243 e. The number of nitrogens with one attached hydrogen (secondary N) is 3. The molecule has 9 heteroatoms. The summed E-state index contributed by atoms with van der Waals surface area (Å²) >= 11 is 0. The number of carbonyl (C=O) groups is 1. The van der Waals surface area contributed by atoms with E-state index in [2.05, 4.69) is 25.9 Å². The Hall–Kier alpha value is -3.10. The molecular weight excluding hydrogens is 347 g/mol. The highest BCUT2D eigenvalue weighted by molar-refractivity contribution is 5.95. The molecule has 1 aromatic carbocycles. The van der Waals surface area contributed by atoms with Crippen molar-refractivity contribution in [3.8, 4) is 0 Å². The average molecular weight is 365 g/mol. The van der Waals surface area contributed by atoms with E-state index in [9.17, 15) is 18.0 Å². The van der Waals surface area contributed by atoms with Gasteiger partial charge in [0.1, 0.15) is 0 Å². The molecule has 2 rings (SSSR count). The molecule has 138 valence electrons. The summed E-state index contributed by atoms with van der Waals surface area (Å²) in [5.74, 6) is -4.68. The van der Waals surface area contributed by atoms with E-state index in [4.69, 9.17) is 0 Å². The summed E-state index contributed by atoms with van der Waals surface area (Å²) in [6.45, 7) is 0.303. The summed E-state index contributed by atoms with van der Waals surface area (Å²) in [6, 6.07) is 7.29. The molecule has 1 aromatic heterocycles. The first-order valence-corrected chi connectivity index (χ1v) is 7.79. The van der Waals surface area contributed by atoms with Crippen LogP contribution >= 0.6 is 0 Å². The molecule has 26 heavy (non-hydrogen) atoms. The van der Waals surface area contributed by atoms with E-state index in [1.54, 1.807) is 6.20 Å². The number of hydrogen-bond donors (Lipinski definition) is 3. The molecule has 0 radical (unpaired) electrons. The molecule has 6 nitrogen and oxygen atoms in total. The Kier molecular flexibility index (Phi) is 6.95. The van der Waals surface area contributed by atoms with Crippen molar-refractivity contribution < 1.29 is 18.0 Å². The SMILES string of the molecule is CN=C(NCCc1ccccn1)NCC(=O)Nc1ccc(F)c(F)c1F. The quantitative estimate of drug-likeness (QED) is 0.415. The largest absolute Gasteiger partial charge is 0.356 e. The first-order valence-electron chi connectivity index (χ1n) is 7.79. The molecule has 0 saturated carbocycles. The van der Waals surface area contributed by atoms with E-state index in [1.165, 1.54) is 7.05 Å². The zero-order valence-electron chi connectivity index (χ0n) is 14.0. The number of nitrogens with zero attached hydrogens (tertiary/aromatic N) is 2. The number of benzene rings is 1. The lowest BCUT2D eigenvalue weighted by atomic mass is 10.2. The van der Waals surface area contributed by atoms with Gasteiger partial charge in [-0.25, -0.2) is 13.2 Å². The van der Waals surface area contributed by atoms with Crippen LogP contribution in [0.5, 0.6) is 0 Å². The maximum absolute atomic E-state index is 13.5. The third-order valence-corrected chi connectivity index (χ3v) is 3.35. The minimum atomic E-state index is -1.64. The number of rotatable bonds is 6. The van der Waals surface area contributed by atoms with Gasteiger partial charge in [0.15, 0.2) is 23.4 Å². The fourth-order valence-electron chi connectivity index (χ4n) is 2.06. The van der Waals surface area contributed by atoms with Crippen LogP contribution in [0.4, 0.5) is 18.9 Å². The van der Waals surface area contributed by atoms with Gasteiger partial charge < -0.3 is 16.0 Å². The highest BCUT2D eigenvalue weighted by atomic mass is 19.2. The van der Waals surface area contributed by atoms with E-state index in [1.807, 2.05) is 18.2 Å². The fourth-order valence-corrected chi connectivity index (χ4v) is 2.06. The molecule has 0 unspecified atom stereocenters. The van der Waals surface area contributed by atoms with Crippen molar-refractivity contribution in [1.29, 1.82) is 0 Å². The second-order valence-corrected chi connectivity index (χ2v) is 5.19. The highest BCUT2D eigenvalue weighted by Crippen LogP contribution is 2.19. The molecule has 1 heterocycles. The fraction of sp³-hybridized carbons (Fsp3) is 0.235. The highest BCUT2D eigenvalue weighted by Gasteiger charge is 2.15. The molecule has 0 aliphatic rings. The van der Waals surface area contributed by atoms with E-state index < -0.39 is 29.0 Å².